The van der Waals surface area contributed by atoms with Crippen molar-refractivity contribution in [3.05, 3.63) is 29.8 Å². The van der Waals surface area contributed by atoms with Crippen molar-refractivity contribution in [3.8, 4) is 0 Å². The molecule has 0 fully saturated rings. The second-order valence-corrected chi connectivity index (χ2v) is 6.33. The molecular weight excluding hydrogens is 286 g/mol. The topological polar surface area (TPSA) is 55.4 Å². The maximum absolute atomic E-state index is 11.6. The third kappa shape index (κ3) is 6.67. The van der Waals surface area contributed by atoms with Gasteiger partial charge in [0.25, 0.3) is 5.91 Å². The fraction of sp³-hybridized carbons (Fsp3) is 0.500. The van der Waals surface area contributed by atoms with Crippen LogP contribution in [0.5, 0.6) is 0 Å². The number of amides is 1. The number of benzene rings is 1. The van der Waals surface area contributed by atoms with Crippen LogP contribution in [-0.2, 0) is 14.3 Å². The zero-order chi connectivity index (χ0) is 15.8. The number of aryl methyl sites for hydroxylation is 1. The molecule has 0 aliphatic rings. The summed E-state index contributed by atoms with van der Waals surface area (Å²) in [6, 6.07) is 7.91. The van der Waals surface area contributed by atoms with Crippen LogP contribution in [0.3, 0.4) is 0 Å². The Kier molecular flexibility index (Phi) is 7.29. The largest absolute Gasteiger partial charge is 0.455 e. The van der Waals surface area contributed by atoms with Gasteiger partial charge in [0.05, 0.1) is 5.75 Å². The Labute approximate surface area is 130 Å². The molecule has 5 heteroatoms. The predicted molar refractivity (Wildman–Crippen MR) is 85.3 cm³/mol. The third-order valence-electron chi connectivity index (χ3n) is 3.19. The molecule has 0 heterocycles. The zero-order valence-corrected chi connectivity index (χ0v) is 13.8. The lowest BCUT2D eigenvalue weighted by molar-refractivity contribution is -0.146. The molecule has 0 aliphatic carbocycles. The molecule has 4 nitrogen and oxygen atoms in total. The predicted octanol–water partition coefficient (Wildman–Crippen LogP) is 2.79. The maximum Gasteiger partial charge on any atom is 0.316 e. The first kappa shape index (κ1) is 17.6. The number of nitrogens with one attached hydrogen (secondary N) is 1. The van der Waals surface area contributed by atoms with Crippen LogP contribution in [0.25, 0.3) is 0 Å². The number of esters is 1. The lowest BCUT2D eigenvalue weighted by Crippen LogP contribution is -2.38. The zero-order valence-electron chi connectivity index (χ0n) is 13.0. The Morgan fingerprint density at radius 2 is 1.90 bits per heavy atom. The summed E-state index contributed by atoms with van der Waals surface area (Å²) in [7, 11) is 0. The Morgan fingerprint density at radius 3 is 2.52 bits per heavy atom. The van der Waals surface area contributed by atoms with Gasteiger partial charge >= 0.3 is 5.97 Å². The second kappa shape index (κ2) is 8.72. The van der Waals surface area contributed by atoms with Crippen LogP contribution in [0.2, 0.25) is 0 Å². The number of hydrogen-bond donors (Lipinski definition) is 1. The summed E-state index contributed by atoms with van der Waals surface area (Å²) in [6.45, 7) is 7.75. The van der Waals surface area contributed by atoms with Gasteiger partial charge in [-0.25, -0.2) is 0 Å². The van der Waals surface area contributed by atoms with Crippen molar-refractivity contribution in [3.63, 3.8) is 0 Å². The number of thioether (sulfide) groups is 1. The number of hydrogen-bond acceptors (Lipinski definition) is 4. The molecule has 0 bridgehead atoms. The van der Waals surface area contributed by atoms with E-state index in [1.54, 1.807) is 0 Å². The molecular formula is C16H23NO3S. The number of ether oxygens (including phenoxy) is 1. The van der Waals surface area contributed by atoms with E-state index in [4.69, 9.17) is 4.74 Å². The van der Waals surface area contributed by atoms with E-state index in [2.05, 4.69) is 5.32 Å². The van der Waals surface area contributed by atoms with E-state index < -0.39 is 0 Å². The van der Waals surface area contributed by atoms with Crippen LogP contribution in [0, 0.1) is 12.8 Å². The second-order valence-electron chi connectivity index (χ2n) is 5.32. The minimum absolute atomic E-state index is 0.0672. The number of rotatable bonds is 7. The average Bonchev–Trinajstić information content (AvgIpc) is 2.44. The molecule has 0 radical (unpaired) electrons. The van der Waals surface area contributed by atoms with Crippen LogP contribution in [-0.4, -0.2) is 30.3 Å². The first-order valence-electron chi connectivity index (χ1n) is 7.03. The first-order chi connectivity index (χ1) is 9.90. The summed E-state index contributed by atoms with van der Waals surface area (Å²) < 4.78 is 4.97. The van der Waals surface area contributed by atoms with Gasteiger partial charge in [0.1, 0.15) is 0 Å². The van der Waals surface area contributed by atoms with Crippen molar-refractivity contribution < 1.29 is 14.3 Å². The molecule has 116 valence electrons. The van der Waals surface area contributed by atoms with Gasteiger partial charge in [-0.3, -0.25) is 9.59 Å². The molecule has 1 aromatic rings. The summed E-state index contributed by atoms with van der Waals surface area (Å²) in [5, 5.41) is 2.79. The third-order valence-corrected chi connectivity index (χ3v) is 4.34. The fourth-order valence-corrected chi connectivity index (χ4v) is 2.33. The summed E-state index contributed by atoms with van der Waals surface area (Å²) in [4.78, 5) is 24.3. The molecule has 0 aromatic heterocycles. The SMILES string of the molecule is Cc1ccccc1SCC(=O)OCC(=O)N[C@H](C)C(C)C. The van der Waals surface area contributed by atoms with Crippen LogP contribution in [0.15, 0.2) is 29.2 Å². The molecule has 0 saturated carbocycles. The van der Waals surface area contributed by atoms with E-state index >= 15 is 0 Å². The first-order valence-corrected chi connectivity index (χ1v) is 8.02. The van der Waals surface area contributed by atoms with E-state index in [1.807, 2.05) is 52.0 Å². The Hall–Kier alpha value is -1.49. The summed E-state index contributed by atoms with van der Waals surface area (Å²) in [5.74, 6) is -0.0833. The van der Waals surface area contributed by atoms with Gasteiger partial charge in [-0.1, -0.05) is 32.0 Å². The highest BCUT2D eigenvalue weighted by molar-refractivity contribution is 8.00. The monoisotopic (exact) mass is 309 g/mol. The molecule has 1 rings (SSSR count). The Bertz CT molecular complexity index is 488. The quantitative estimate of drug-likeness (QED) is 0.621. The smallest absolute Gasteiger partial charge is 0.316 e. The Morgan fingerprint density at radius 1 is 1.24 bits per heavy atom. The van der Waals surface area contributed by atoms with Gasteiger partial charge < -0.3 is 10.1 Å². The maximum atomic E-state index is 11.6. The molecule has 0 unspecified atom stereocenters. The standard InChI is InChI=1S/C16H23NO3S/c1-11(2)13(4)17-15(18)9-20-16(19)10-21-14-8-6-5-7-12(14)3/h5-8,11,13H,9-10H2,1-4H3,(H,17,18)/t13-/m1/s1. The van der Waals surface area contributed by atoms with Crippen molar-refractivity contribution in [1.29, 1.82) is 0 Å². The van der Waals surface area contributed by atoms with Gasteiger partial charge in [0, 0.05) is 10.9 Å². The van der Waals surface area contributed by atoms with Crippen molar-refractivity contribution in [1.82, 2.24) is 5.32 Å². The van der Waals surface area contributed by atoms with E-state index in [-0.39, 0.29) is 30.3 Å². The number of carbonyl (C=O) groups is 2. The lowest BCUT2D eigenvalue weighted by Gasteiger charge is -2.17. The van der Waals surface area contributed by atoms with Crippen LogP contribution >= 0.6 is 11.8 Å². The van der Waals surface area contributed by atoms with Crippen LogP contribution in [0.1, 0.15) is 26.3 Å². The summed E-state index contributed by atoms with van der Waals surface area (Å²) in [5.41, 5.74) is 1.12. The van der Waals surface area contributed by atoms with E-state index in [0.717, 1.165) is 10.5 Å². The lowest BCUT2D eigenvalue weighted by atomic mass is 10.1. The van der Waals surface area contributed by atoms with Crippen molar-refractivity contribution in [2.75, 3.05) is 12.4 Å². The molecule has 1 atom stereocenters. The van der Waals surface area contributed by atoms with Gasteiger partial charge in [-0.05, 0) is 31.4 Å². The summed E-state index contributed by atoms with van der Waals surface area (Å²) in [6.07, 6.45) is 0. The van der Waals surface area contributed by atoms with E-state index in [1.165, 1.54) is 11.8 Å². The highest BCUT2D eigenvalue weighted by Crippen LogP contribution is 2.21. The molecule has 21 heavy (non-hydrogen) atoms. The molecule has 1 N–H and O–H groups in total. The normalized spacial score (nSPS) is 12.0. The molecule has 0 saturated heterocycles. The molecule has 0 spiro atoms. The highest BCUT2D eigenvalue weighted by Gasteiger charge is 2.13. The van der Waals surface area contributed by atoms with Gasteiger partial charge in [0.2, 0.25) is 0 Å². The average molecular weight is 309 g/mol. The van der Waals surface area contributed by atoms with E-state index in [0.29, 0.717) is 5.92 Å². The highest BCUT2D eigenvalue weighted by atomic mass is 32.2. The van der Waals surface area contributed by atoms with Crippen LogP contribution in [0.4, 0.5) is 0 Å². The fourth-order valence-electron chi connectivity index (χ4n) is 1.51. The van der Waals surface area contributed by atoms with Crippen LogP contribution < -0.4 is 5.32 Å². The van der Waals surface area contributed by atoms with E-state index in [9.17, 15) is 9.59 Å². The number of carbonyl (C=O) groups excluding carboxylic acids is 2. The summed E-state index contributed by atoms with van der Waals surface area (Å²) >= 11 is 1.42. The van der Waals surface area contributed by atoms with Gasteiger partial charge in [-0.15, -0.1) is 11.8 Å². The molecule has 1 amide bonds. The molecule has 1 aromatic carbocycles. The Balaban J connectivity index is 2.28. The minimum atomic E-state index is -0.379. The van der Waals surface area contributed by atoms with Gasteiger partial charge in [-0.2, -0.15) is 0 Å². The van der Waals surface area contributed by atoms with Crippen molar-refractivity contribution in [2.24, 2.45) is 5.92 Å². The molecule has 0 aliphatic heterocycles. The van der Waals surface area contributed by atoms with Crippen molar-refractivity contribution in [2.45, 2.75) is 38.6 Å². The van der Waals surface area contributed by atoms with Gasteiger partial charge in [0.15, 0.2) is 6.61 Å². The minimum Gasteiger partial charge on any atom is -0.455 e. The van der Waals surface area contributed by atoms with Crippen molar-refractivity contribution >= 4 is 23.6 Å².